The summed E-state index contributed by atoms with van der Waals surface area (Å²) in [7, 11) is 0. The molecule has 16 rings (SSSR count). The van der Waals surface area contributed by atoms with Crippen LogP contribution in [0.15, 0.2) is 131 Å². The lowest BCUT2D eigenvalue weighted by Crippen LogP contribution is -2.29. The summed E-state index contributed by atoms with van der Waals surface area (Å²) in [6.07, 6.45) is -6.73. The Labute approximate surface area is 658 Å². The van der Waals surface area contributed by atoms with Gasteiger partial charge in [-0.25, -0.2) is 9.18 Å². The molecule has 0 radical (unpaired) electrons. The molecule has 8 aliphatic rings. The van der Waals surface area contributed by atoms with E-state index in [1.807, 2.05) is 9.80 Å². The summed E-state index contributed by atoms with van der Waals surface area (Å²) in [6, 6.07) is 20.3. The lowest BCUT2D eigenvalue weighted by molar-refractivity contribution is -0.388. The largest absolute Gasteiger partial charge is 0.477 e. The fraction of sp³-hybridized carbons (Fsp3) is 0.413. The maximum atomic E-state index is 13.7. The van der Waals surface area contributed by atoms with Gasteiger partial charge in [-0.15, -0.1) is 37.2 Å². The van der Waals surface area contributed by atoms with Crippen LogP contribution in [0.2, 0.25) is 0 Å². The van der Waals surface area contributed by atoms with Crippen LogP contribution in [0.4, 0.5) is 123 Å². The number of nitrogen functional groups attached to an aromatic ring is 1. The number of hydrogen-bond donors (Lipinski definition) is 5. The summed E-state index contributed by atoms with van der Waals surface area (Å²) in [5, 5.41) is 30.3. The number of amides is 1. The predicted molar refractivity (Wildman–Crippen MR) is 395 cm³/mol. The van der Waals surface area contributed by atoms with Crippen molar-refractivity contribution in [3.8, 4) is 0 Å². The summed E-state index contributed by atoms with van der Waals surface area (Å²) in [5.74, 6) is -1.63. The molecule has 2 aliphatic carbocycles. The van der Waals surface area contributed by atoms with Gasteiger partial charge in [0.05, 0.1) is 48.6 Å². The number of alkyl halides is 18. The second-order valence-corrected chi connectivity index (χ2v) is 28.4. The zero-order chi connectivity index (χ0) is 81.6. The molecule has 2 saturated carbocycles. The number of hydrogen-bond acceptors (Lipinski definition) is 12. The minimum absolute atomic E-state index is 0. The number of aromatic nitrogens is 2. The van der Waals surface area contributed by atoms with Crippen molar-refractivity contribution in [2.24, 2.45) is 11.8 Å². The van der Waals surface area contributed by atoms with Crippen molar-refractivity contribution in [2.45, 2.75) is 182 Å². The molecule has 8 bridgehead atoms. The van der Waals surface area contributed by atoms with Gasteiger partial charge in [-0.2, -0.15) is 79.0 Å². The highest BCUT2D eigenvalue weighted by molar-refractivity contribution is 6.06. The van der Waals surface area contributed by atoms with E-state index in [0.717, 1.165) is 126 Å². The number of halogens is 22. The van der Waals surface area contributed by atoms with Crippen LogP contribution in [0.5, 0.6) is 0 Å². The van der Waals surface area contributed by atoms with E-state index in [2.05, 4.69) is 20.2 Å². The third-order valence-corrected chi connectivity index (χ3v) is 21.6. The highest BCUT2D eigenvalue weighted by atomic mass is 35.5. The van der Waals surface area contributed by atoms with Crippen molar-refractivity contribution in [3.05, 3.63) is 213 Å². The number of nitrogens with two attached hydrogens (primary N) is 1. The van der Waals surface area contributed by atoms with E-state index in [1.165, 1.54) is 54.3 Å². The second-order valence-electron chi connectivity index (χ2n) is 28.4. The molecule has 6 aliphatic heterocycles. The Morgan fingerprint density at radius 3 is 1.11 bits per heavy atom. The van der Waals surface area contributed by atoms with Gasteiger partial charge in [-0.1, -0.05) is 37.8 Å². The molecule has 8 aromatic rings. The molecular formula is C75H71Cl3F19N9O9. The first-order chi connectivity index (χ1) is 52.4. The maximum absolute atomic E-state index is 13.7. The Bertz CT molecular complexity index is 4940. The molecule has 8 heterocycles. The number of aromatic amines is 2. The lowest BCUT2D eigenvalue weighted by atomic mass is 10.0. The summed E-state index contributed by atoms with van der Waals surface area (Å²) in [4.78, 5) is 78.0. The van der Waals surface area contributed by atoms with E-state index in [0.29, 0.717) is 47.3 Å². The van der Waals surface area contributed by atoms with Crippen molar-refractivity contribution in [1.29, 1.82) is 0 Å². The molecule has 0 unspecified atom stereocenters. The number of pyridine rings is 2. The van der Waals surface area contributed by atoms with E-state index >= 15 is 0 Å². The van der Waals surface area contributed by atoms with E-state index in [4.69, 9.17) is 10.8 Å². The quantitative estimate of drug-likeness (QED) is 0.0411. The van der Waals surface area contributed by atoms with Crippen molar-refractivity contribution in [1.82, 2.24) is 9.97 Å². The first kappa shape index (κ1) is 90.8. The van der Waals surface area contributed by atoms with Gasteiger partial charge in [0.1, 0.15) is 28.1 Å². The van der Waals surface area contributed by atoms with Gasteiger partial charge < -0.3 is 40.8 Å². The fourth-order valence-corrected chi connectivity index (χ4v) is 16.7. The molecule has 18 nitrogen and oxygen atoms in total. The number of fused-ring (bicyclic) bond motifs is 10. The Morgan fingerprint density at radius 1 is 0.426 bits per heavy atom. The highest BCUT2D eigenvalue weighted by Gasteiger charge is 2.47. The molecule has 6 N–H and O–H groups in total. The monoisotopic (exact) mass is 1710 g/mol. The zero-order valence-electron chi connectivity index (χ0n) is 59.6. The van der Waals surface area contributed by atoms with Gasteiger partial charge in [0, 0.05) is 94.6 Å². The third kappa shape index (κ3) is 20.2. The van der Waals surface area contributed by atoms with Gasteiger partial charge in [0.15, 0.2) is 0 Å². The third-order valence-electron chi connectivity index (χ3n) is 21.6. The number of rotatable bonds is 8. The Morgan fingerprint density at radius 2 is 0.757 bits per heavy atom. The second kappa shape index (κ2) is 35.4. The molecule has 6 aromatic carbocycles. The van der Waals surface area contributed by atoms with E-state index in [1.54, 1.807) is 38.2 Å². The average molecular weight is 1710 g/mol. The number of nitro groups is 2. The van der Waals surface area contributed by atoms with Gasteiger partial charge in [-0.05, 0) is 180 Å². The van der Waals surface area contributed by atoms with Crippen LogP contribution in [-0.2, 0) is 37.1 Å². The molecule has 0 atom stereocenters. The topological polar surface area (TPSA) is 254 Å². The number of anilines is 5. The number of H-pyrrole nitrogens is 2. The first-order valence-corrected chi connectivity index (χ1v) is 35.3. The SMILES string of the molecule is C1CC2CCC1C2.Cl.Cl.Cl.Nc1ccc(N2C3CCC2CC3)cc1C(F)(F)F.O=C(Nc1cc(N2C3CCC2CC3)ccc1C(F)(F)F)c1c[nH]c2cccc(C(F)(F)F)c2c1=O.O=C(O)c1c[nH]c2cccc(C(F)(F)F)c2c1=O.O=[N+]([O-])c1ccc(F)cc1C(F)(F)F.O=[N+]([O-])c1ccc(N2C3CCC2CC3)cc1C(F)(F)F. The van der Waals surface area contributed by atoms with Crippen LogP contribution < -0.4 is 36.6 Å². The Balaban J connectivity index is 0.000000181. The first-order valence-electron chi connectivity index (χ1n) is 35.3. The number of carbonyl (C=O) groups is 2. The Hall–Kier alpha value is -9.78. The molecular weight excluding hydrogens is 1640 g/mol. The number of nitrogens with one attached hydrogen (secondary N) is 3. The molecule has 0 spiro atoms. The molecule has 115 heavy (non-hydrogen) atoms. The number of carbonyl (C=O) groups excluding carboxylic acids is 1. The smallest absolute Gasteiger partial charge is 0.423 e. The summed E-state index contributed by atoms with van der Waals surface area (Å²) in [6.45, 7) is 0. The highest BCUT2D eigenvalue weighted by Crippen LogP contribution is 2.49. The van der Waals surface area contributed by atoms with Crippen LogP contribution in [-0.4, -0.2) is 73.0 Å². The molecule has 8 fully saturated rings. The molecule has 6 saturated heterocycles. The zero-order valence-corrected chi connectivity index (χ0v) is 62.1. The van der Waals surface area contributed by atoms with Crippen molar-refractivity contribution >= 4 is 111 Å². The van der Waals surface area contributed by atoms with Crippen LogP contribution >= 0.6 is 37.2 Å². The van der Waals surface area contributed by atoms with Crippen molar-refractivity contribution in [2.75, 3.05) is 25.8 Å². The maximum Gasteiger partial charge on any atom is 0.423 e. The number of carboxylic acids is 1. The number of nitrogens with zero attached hydrogens (tertiary/aromatic N) is 5. The molecule has 1 amide bonds. The molecule has 624 valence electrons. The minimum atomic E-state index is -4.93. The van der Waals surface area contributed by atoms with Gasteiger partial charge >= 0.3 is 43.0 Å². The van der Waals surface area contributed by atoms with Gasteiger partial charge in [-0.3, -0.25) is 34.6 Å². The normalized spacial score (nSPS) is 20.8. The van der Waals surface area contributed by atoms with Crippen LogP contribution in [0.3, 0.4) is 0 Å². The van der Waals surface area contributed by atoms with E-state index < -0.39 is 148 Å². The predicted octanol–water partition coefficient (Wildman–Crippen LogP) is 21.6. The minimum Gasteiger partial charge on any atom is -0.477 e. The number of nitro benzene ring substituents is 2. The van der Waals surface area contributed by atoms with Crippen LogP contribution in [0.25, 0.3) is 21.8 Å². The fourth-order valence-electron chi connectivity index (χ4n) is 16.7. The van der Waals surface area contributed by atoms with E-state index in [9.17, 15) is 123 Å². The molecule has 2 aromatic heterocycles. The number of benzene rings is 6. The van der Waals surface area contributed by atoms with Crippen LogP contribution in [0, 0.1) is 37.9 Å². The van der Waals surface area contributed by atoms with Crippen molar-refractivity contribution < 1.29 is 108 Å². The van der Waals surface area contributed by atoms with Crippen molar-refractivity contribution in [3.63, 3.8) is 0 Å². The van der Waals surface area contributed by atoms with Gasteiger partial charge in [0.2, 0.25) is 10.9 Å². The number of aromatic carboxylic acids is 1. The Kier molecular flexibility index (Phi) is 27.9. The molecule has 40 heteroatoms. The summed E-state index contributed by atoms with van der Waals surface area (Å²) >= 11 is 0. The summed E-state index contributed by atoms with van der Waals surface area (Å²) in [5.41, 5.74) is -6.73. The lowest BCUT2D eigenvalue weighted by Gasteiger charge is -2.26. The summed E-state index contributed by atoms with van der Waals surface area (Å²) < 4.78 is 246. The number of carboxylic acid groups (broad SMARTS) is 1. The standard InChI is InChI=1S/C24H19F6N3O2.C13H13F3N2O2.C13H15F3N2.C11H6F3NO3.C7H3F4NO2.C7H12.3ClH/c25-23(26,27)16-9-8-14(33-12-4-5-13(33)7-6-12)10-19(16)32-22(35)15-11-31-18-3-1-2-17(24(28,29)30)20(18)21(15)34;14-13(15,16)11-7-10(5-6-12(11)18(19)20)17-8-1-2-9(17)4-3-8;14-13(15,16)11-7-10(5-6-12(11)17)18-8-1-2-9(18)4-3-8;12-11(13,14)6-2-1-3-7-8(6)9(16)5(4-15-7)10(17)18;8-4-1-2-6(12(13)14)5(3-4)7(9,10)11;1-2-7-4-3-6(1)5-7;;;/h1-3,8-13H,4-7H2,(H,31,34)(H,32,35);5-9H,1-4H2;5-9H,1-4,17H2;1-4H,(H,15,16)(H,17,18);1-3H;6-7H,1-5H2;3*1H. The average Bonchev–Trinajstić information content (AvgIpc) is 1.77. The van der Waals surface area contributed by atoms with E-state index in [-0.39, 0.29) is 84.2 Å². The van der Waals surface area contributed by atoms with Crippen LogP contribution in [0.1, 0.15) is 163 Å². The van der Waals surface area contributed by atoms with Gasteiger partial charge in [0.25, 0.3) is 17.3 Å².